The maximum Gasteiger partial charge on any atom is 0.320 e. The predicted octanol–water partition coefficient (Wildman–Crippen LogP) is 2.09. The van der Waals surface area contributed by atoms with Crippen molar-refractivity contribution >= 4 is 17.8 Å². The Bertz CT molecular complexity index is 823. The highest BCUT2D eigenvalue weighted by molar-refractivity contribution is 5.79. The Morgan fingerprint density at radius 1 is 1.29 bits per heavy atom. The monoisotopic (exact) mass is 391 g/mol. The van der Waals surface area contributed by atoms with Crippen molar-refractivity contribution in [3.63, 3.8) is 0 Å². The number of benzene rings is 1. The largest absolute Gasteiger partial charge is 0.366 e. The van der Waals surface area contributed by atoms with Crippen LogP contribution in [-0.2, 0) is 9.53 Å². The van der Waals surface area contributed by atoms with Crippen molar-refractivity contribution in [2.75, 3.05) is 32.8 Å². The number of amides is 3. The van der Waals surface area contributed by atoms with Gasteiger partial charge in [0.1, 0.15) is 18.3 Å². The maximum absolute atomic E-state index is 14.3. The summed E-state index contributed by atoms with van der Waals surface area (Å²) >= 11 is 0. The molecule has 3 saturated heterocycles. The molecule has 28 heavy (non-hydrogen) atoms. The third-order valence-electron chi connectivity index (χ3n) is 5.60. The Labute approximate surface area is 162 Å². The number of morpholine rings is 1. The summed E-state index contributed by atoms with van der Waals surface area (Å²) in [7, 11) is 0. The van der Waals surface area contributed by atoms with Crippen molar-refractivity contribution in [2.45, 2.75) is 25.5 Å². The summed E-state index contributed by atoms with van der Waals surface area (Å²) in [4.78, 5) is 27.5. The minimum Gasteiger partial charge on any atom is -0.366 e. The Kier molecular flexibility index (Phi) is 5.05. The molecule has 0 aromatic heterocycles. The van der Waals surface area contributed by atoms with Crippen molar-refractivity contribution in [3.05, 3.63) is 41.2 Å². The van der Waals surface area contributed by atoms with E-state index in [1.807, 2.05) is 0 Å². The molecule has 4 rings (SSSR count). The number of rotatable bonds is 2. The molecule has 0 radical (unpaired) electrons. The first-order chi connectivity index (χ1) is 13.4. The van der Waals surface area contributed by atoms with E-state index >= 15 is 0 Å². The molecule has 0 bridgehead atoms. The molecule has 8 heteroatoms. The molecule has 0 saturated carbocycles. The lowest BCUT2D eigenvalue weighted by molar-refractivity contribution is -0.139. The molecule has 3 amide bonds. The molecule has 0 spiro atoms. The molecular weight excluding hydrogens is 368 g/mol. The van der Waals surface area contributed by atoms with E-state index in [1.165, 1.54) is 12.1 Å². The third-order valence-corrected chi connectivity index (χ3v) is 5.60. The molecule has 3 aliphatic heterocycles. The van der Waals surface area contributed by atoms with Gasteiger partial charge < -0.3 is 19.9 Å². The van der Waals surface area contributed by atoms with E-state index in [2.05, 4.69) is 5.32 Å². The van der Waals surface area contributed by atoms with E-state index in [0.717, 1.165) is 0 Å². The molecule has 1 aromatic carbocycles. The second-order valence-corrected chi connectivity index (χ2v) is 7.68. The highest BCUT2D eigenvalue weighted by Crippen LogP contribution is 2.27. The molecule has 3 aliphatic rings. The summed E-state index contributed by atoms with van der Waals surface area (Å²) in [5, 5.41) is 2.87. The number of likely N-dealkylation sites (tertiary alicyclic amines) is 2. The predicted molar refractivity (Wildman–Crippen MR) is 98.5 cm³/mol. The van der Waals surface area contributed by atoms with Crippen LogP contribution in [0.5, 0.6) is 0 Å². The third kappa shape index (κ3) is 3.73. The number of aryl methyl sites for hydroxylation is 1. The molecule has 1 N–H and O–H groups in total. The molecule has 2 atom stereocenters. The number of fused-ring (bicyclic) bond motifs is 1. The van der Waals surface area contributed by atoms with E-state index in [-0.39, 0.29) is 42.2 Å². The first-order valence-electron chi connectivity index (χ1n) is 9.49. The fraction of sp³-hybridized carbons (Fsp3) is 0.500. The molecular formula is C20H23F2N3O3. The number of carbonyl (C=O) groups is 2. The van der Waals surface area contributed by atoms with Crippen molar-refractivity contribution in [1.29, 1.82) is 0 Å². The van der Waals surface area contributed by atoms with Crippen molar-refractivity contribution in [2.24, 2.45) is 5.92 Å². The SMILES string of the molecule is Cc1ccc(/C(F)=C\C2CN(C(=O)N3CC[C@@H]4OCC(=O)N[C@@H]4C3)C2)cc1F. The van der Waals surface area contributed by atoms with Crippen LogP contribution in [0.1, 0.15) is 17.5 Å². The summed E-state index contributed by atoms with van der Waals surface area (Å²) in [6.07, 6.45) is 2.09. The number of hydrogen-bond donors (Lipinski definition) is 1. The highest BCUT2D eigenvalue weighted by atomic mass is 19.1. The fourth-order valence-corrected chi connectivity index (χ4v) is 3.89. The standard InChI is InChI=1S/C20H23F2N3O3/c1-12-2-3-14(7-15(12)21)16(22)6-13-8-25(9-13)20(27)24-5-4-18-17(10-24)23-19(26)11-28-18/h2-3,6-7,13,17-18H,4-5,8-11H2,1H3,(H,23,26)/b16-6+/t17-,18+/m1/s1. The Hall–Kier alpha value is -2.48. The van der Waals surface area contributed by atoms with Gasteiger partial charge in [-0.2, -0.15) is 0 Å². The summed E-state index contributed by atoms with van der Waals surface area (Å²) in [5.74, 6) is -1.16. The van der Waals surface area contributed by atoms with Crippen LogP contribution in [0.2, 0.25) is 0 Å². The van der Waals surface area contributed by atoms with Gasteiger partial charge in [-0.15, -0.1) is 0 Å². The number of piperidine rings is 1. The van der Waals surface area contributed by atoms with Gasteiger partial charge >= 0.3 is 6.03 Å². The Morgan fingerprint density at radius 2 is 2.07 bits per heavy atom. The zero-order valence-electron chi connectivity index (χ0n) is 15.7. The number of hydrogen-bond acceptors (Lipinski definition) is 3. The van der Waals surface area contributed by atoms with E-state index in [4.69, 9.17) is 4.74 Å². The van der Waals surface area contributed by atoms with Gasteiger partial charge in [0.05, 0.1) is 12.1 Å². The fourth-order valence-electron chi connectivity index (χ4n) is 3.89. The molecule has 6 nitrogen and oxygen atoms in total. The van der Waals surface area contributed by atoms with Crippen LogP contribution in [0.3, 0.4) is 0 Å². The van der Waals surface area contributed by atoms with Crippen molar-refractivity contribution < 1.29 is 23.1 Å². The van der Waals surface area contributed by atoms with Crippen LogP contribution < -0.4 is 5.32 Å². The van der Waals surface area contributed by atoms with Crippen molar-refractivity contribution in [1.82, 2.24) is 15.1 Å². The lowest BCUT2D eigenvalue weighted by Crippen LogP contribution is -2.64. The Balaban J connectivity index is 1.31. The van der Waals surface area contributed by atoms with Crippen LogP contribution >= 0.6 is 0 Å². The molecule has 3 heterocycles. The van der Waals surface area contributed by atoms with Crippen LogP contribution in [0, 0.1) is 18.7 Å². The van der Waals surface area contributed by atoms with E-state index < -0.39 is 11.6 Å². The van der Waals surface area contributed by atoms with Crippen LogP contribution in [-0.4, -0.2) is 66.7 Å². The van der Waals surface area contributed by atoms with Gasteiger partial charge in [-0.3, -0.25) is 4.79 Å². The Morgan fingerprint density at radius 3 is 2.82 bits per heavy atom. The average Bonchev–Trinajstić information content (AvgIpc) is 2.65. The van der Waals surface area contributed by atoms with E-state index in [1.54, 1.807) is 28.9 Å². The van der Waals surface area contributed by atoms with Gasteiger partial charge in [-0.05, 0) is 31.1 Å². The number of ether oxygens (including phenoxy) is 1. The van der Waals surface area contributed by atoms with Gasteiger partial charge in [0.2, 0.25) is 5.91 Å². The van der Waals surface area contributed by atoms with Crippen molar-refractivity contribution in [3.8, 4) is 0 Å². The van der Waals surface area contributed by atoms with Crippen LogP contribution in [0.15, 0.2) is 24.3 Å². The molecule has 0 unspecified atom stereocenters. The quantitative estimate of drug-likeness (QED) is 0.840. The average molecular weight is 391 g/mol. The summed E-state index contributed by atoms with van der Waals surface area (Å²) < 4.78 is 33.5. The highest BCUT2D eigenvalue weighted by Gasteiger charge is 2.39. The van der Waals surface area contributed by atoms with Gasteiger partial charge in [-0.25, -0.2) is 13.6 Å². The summed E-state index contributed by atoms with van der Waals surface area (Å²) in [6.45, 7) is 3.55. The normalized spacial score (nSPS) is 25.8. The van der Waals surface area contributed by atoms with Gasteiger partial charge in [0, 0.05) is 37.7 Å². The lowest BCUT2D eigenvalue weighted by atomic mass is 9.97. The maximum atomic E-state index is 14.3. The number of halogens is 2. The van der Waals surface area contributed by atoms with Gasteiger partial charge in [0.15, 0.2) is 0 Å². The zero-order valence-corrected chi connectivity index (χ0v) is 15.7. The van der Waals surface area contributed by atoms with Crippen LogP contribution in [0.4, 0.5) is 13.6 Å². The minimum atomic E-state index is -0.473. The first-order valence-corrected chi connectivity index (χ1v) is 9.49. The minimum absolute atomic E-state index is 0.0437. The second kappa shape index (κ2) is 7.50. The number of urea groups is 1. The molecule has 3 fully saturated rings. The summed E-state index contributed by atoms with van der Waals surface area (Å²) in [6, 6.07) is 4.00. The van der Waals surface area contributed by atoms with E-state index in [9.17, 15) is 18.4 Å². The number of nitrogens with one attached hydrogen (secondary N) is 1. The van der Waals surface area contributed by atoms with E-state index in [0.29, 0.717) is 38.2 Å². The lowest BCUT2D eigenvalue weighted by Gasteiger charge is -2.45. The number of nitrogens with zero attached hydrogens (tertiary/aromatic N) is 2. The topological polar surface area (TPSA) is 61.9 Å². The second-order valence-electron chi connectivity index (χ2n) is 7.68. The zero-order chi connectivity index (χ0) is 19.8. The molecule has 150 valence electrons. The van der Waals surface area contributed by atoms with Gasteiger partial charge in [-0.1, -0.05) is 12.1 Å². The smallest absolute Gasteiger partial charge is 0.320 e. The van der Waals surface area contributed by atoms with Gasteiger partial charge in [0.25, 0.3) is 0 Å². The van der Waals surface area contributed by atoms with Crippen LogP contribution in [0.25, 0.3) is 5.83 Å². The molecule has 1 aromatic rings. The number of carbonyl (C=O) groups excluding carboxylic acids is 2. The molecule has 0 aliphatic carbocycles. The summed E-state index contributed by atoms with van der Waals surface area (Å²) in [5.41, 5.74) is 0.684. The first kappa shape index (κ1) is 18.9.